The molecule has 10 heteroatoms. The lowest BCUT2D eigenvalue weighted by molar-refractivity contribution is 0.0599. The molecule has 4 aromatic rings. The van der Waals surface area contributed by atoms with Crippen molar-refractivity contribution in [2.45, 2.75) is 6.92 Å². The van der Waals surface area contributed by atoms with Crippen molar-refractivity contribution in [3.63, 3.8) is 0 Å². The van der Waals surface area contributed by atoms with E-state index in [0.29, 0.717) is 10.7 Å². The SMILES string of the molecule is COC(=O)c1cc(NC(=O)c2cnc3scc(-c4ccc(C)cc4)n3c2=O)cc(C(=O)OC)c1. The van der Waals surface area contributed by atoms with Gasteiger partial charge in [-0.1, -0.05) is 29.8 Å². The zero-order chi connectivity index (χ0) is 24.4. The van der Waals surface area contributed by atoms with Crippen LogP contribution in [0.25, 0.3) is 16.2 Å². The van der Waals surface area contributed by atoms with Gasteiger partial charge in [0, 0.05) is 17.3 Å². The van der Waals surface area contributed by atoms with Crippen molar-refractivity contribution in [2.24, 2.45) is 0 Å². The minimum Gasteiger partial charge on any atom is -0.465 e. The summed E-state index contributed by atoms with van der Waals surface area (Å²) in [4.78, 5) is 54.9. The van der Waals surface area contributed by atoms with Crippen LogP contribution in [-0.2, 0) is 9.47 Å². The highest BCUT2D eigenvalue weighted by Crippen LogP contribution is 2.24. The molecule has 172 valence electrons. The number of rotatable bonds is 5. The van der Waals surface area contributed by atoms with Crippen LogP contribution in [-0.4, -0.2) is 41.5 Å². The molecule has 0 aliphatic carbocycles. The highest BCUT2D eigenvalue weighted by atomic mass is 32.1. The second-order valence-electron chi connectivity index (χ2n) is 7.32. The molecule has 0 fully saturated rings. The van der Waals surface area contributed by atoms with Gasteiger partial charge in [-0.05, 0) is 30.7 Å². The third-order valence-electron chi connectivity index (χ3n) is 5.07. The van der Waals surface area contributed by atoms with Crippen molar-refractivity contribution in [3.05, 3.63) is 86.6 Å². The molecule has 2 aromatic heterocycles. The van der Waals surface area contributed by atoms with Gasteiger partial charge in [0.1, 0.15) is 5.56 Å². The molecule has 0 saturated heterocycles. The summed E-state index contributed by atoms with van der Waals surface area (Å²) in [6.07, 6.45) is 1.20. The monoisotopic (exact) mass is 477 g/mol. The lowest BCUT2D eigenvalue weighted by Gasteiger charge is -2.10. The molecule has 0 bridgehead atoms. The number of nitrogens with zero attached hydrogens (tertiary/aromatic N) is 2. The molecule has 1 N–H and O–H groups in total. The minimum atomic E-state index is -0.745. The van der Waals surface area contributed by atoms with Crippen LogP contribution in [0.15, 0.2) is 58.8 Å². The van der Waals surface area contributed by atoms with E-state index in [1.807, 2.05) is 31.2 Å². The largest absolute Gasteiger partial charge is 0.465 e. The number of carbonyl (C=O) groups excluding carboxylic acids is 3. The Bertz CT molecular complexity index is 1450. The number of thiazole rings is 1. The van der Waals surface area contributed by atoms with Crippen LogP contribution < -0.4 is 10.9 Å². The van der Waals surface area contributed by atoms with E-state index < -0.39 is 23.4 Å². The second-order valence-corrected chi connectivity index (χ2v) is 8.15. The van der Waals surface area contributed by atoms with E-state index in [1.165, 1.54) is 54.4 Å². The van der Waals surface area contributed by atoms with Crippen LogP contribution in [0.5, 0.6) is 0 Å². The van der Waals surface area contributed by atoms with Gasteiger partial charge in [0.05, 0.1) is 31.0 Å². The van der Waals surface area contributed by atoms with E-state index in [2.05, 4.69) is 10.3 Å². The number of esters is 2. The quantitative estimate of drug-likeness (QED) is 0.437. The molecule has 9 nitrogen and oxygen atoms in total. The Labute approximate surface area is 197 Å². The standard InChI is InChI=1S/C24H19N3O6S/c1-13-4-6-14(7-5-13)19-12-34-24-25-11-18(21(29)27(19)24)20(28)26-17-9-15(22(30)32-2)8-16(10-17)23(31)33-3/h4-12H,1-3H3,(H,26,28). The molecule has 2 aromatic carbocycles. The van der Waals surface area contributed by atoms with Gasteiger partial charge >= 0.3 is 11.9 Å². The molecular weight excluding hydrogens is 458 g/mol. The summed E-state index contributed by atoms with van der Waals surface area (Å²) in [7, 11) is 2.39. The van der Waals surface area contributed by atoms with Gasteiger partial charge in [-0.2, -0.15) is 0 Å². The first kappa shape index (κ1) is 22.9. The number of benzene rings is 2. The van der Waals surface area contributed by atoms with Crippen molar-refractivity contribution >= 4 is 39.8 Å². The smallest absolute Gasteiger partial charge is 0.337 e. The second kappa shape index (κ2) is 9.28. The molecule has 0 radical (unpaired) electrons. The summed E-state index contributed by atoms with van der Waals surface area (Å²) in [6.45, 7) is 1.96. The summed E-state index contributed by atoms with van der Waals surface area (Å²) in [5.41, 5.74) is 1.94. The summed E-state index contributed by atoms with van der Waals surface area (Å²) in [5, 5.41) is 4.36. The maximum absolute atomic E-state index is 13.2. The Hall–Kier alpha value is -4.31. The predicted molar refractivity (Wildman–Crippen MR) is 127 cm³/mol. The Morgan fingerprint density at radius 1 is 0.971 bits per heavy atom. The van der Waals surface area contributed by atoms with Crippen molar-refractivity contribution < 1.29 is 23.9 Å². The Morgan fingerprint density at radius 2 is 1.59 bits per heavy atom. The van der Waals surface area contributed by atoms with E-state index in [0.717, 1.165) is 11.1 Å². The average molecular weight is 477 g/mol. The van der Waals surface area contributed by atoms with Crippen LogP contribution in [0.3, 0.4) is 0 Å². The maximum Gasteiger partial charge on any atom is 0.337 e. The maximum atomic E-state index is 13.2. The van der Waals surface area contributed by atoms with Crippen LogP contribution in [0.4, 0.5) is 5.69 Å². The average Bonchev–Trinajstić information content (AvgIpc) is 3.28. The van der Waals surface area contributed by atoms with E-state index in [9.17, 15) is 19.2 Å². The van der Waals surface area contributed by atoms with Gasteiger partial charge in [-0.15, -0.1) is 11.3 Å². The number of methoxy groups -OCH3 is 2. The minimum absolute atomic E-state index is 0.0329. The Kier molecular flexibility index (Phi) is 6.24. The molecule has 0 aliphatic rings. The fourth-order valence-corrected chi connectivity index (χ4v) is 4.20. The van der Waals surface area contributed by atoms with Gasteiger partial charge in [0.2, 0.25) is 0 Å². The molecule has 0 saturated carbocycles. The molecule has 0 aliphatic heterocycles. The summed E-state index contributed by atoms with van der Waals surface area (Å²) >= 11 is 1.28. The zero-order valence-corrected chi connectivity index (χ0v) is 19.3. The highest BCUT2D eigenvalue weighted by Gasteiger charge is 2.19. The molecular formula is C24H19N3O6S. The number of hydrogen-bond acceptors (Lipinski definition) is 8. The van der Waals surface area contributed by atoms with E-state index in [1.54, 1.807) is 5.38 Å². The lowest BCUT2D eigenvalue weighted by Crippen LogP contribution is -2.26. The molecule has 2 heterocycles. The fourth-order valence-electron chi connectivity index (χ4n) is 3.34. The third-order valence-corrected chi connectivity index (χ3v) is 5.91. The summed E-state index contributed by atoms with van der Waals surface area (Å²) in [6, 6.07) is 11.6. The van der Waals surface area contributed by atoms with Crippen molar-refractivity contribution in [1.82, 2.24) is 9.38 Å². The number of hydrogen-bond donors (Lipinski definition) is 1. The van der Waals surface area contributed by atoms with Crippen LogP contribution in [0.1, 0.15) is 36.6 Å². The van der Waals surface area contributed by atoms with Crippen molar-refractivity contribution in [3.8, 4) is 11.3 Å². The van der Waals surface area contributed by atoms with Gasteiger partial charge in [-0.25, -0.2) is 14.6 Å². The van der Waals surface area contributed by atoms with Crippen LogP contribution >= 0.6 is 11.3 Å². The molecule has 4 rings (SSSR count). The van der Waals surface area contributed by atoms with Gasteiger partial charge < -0.3 is 14.8 Å². The Balaban J connectivity index is 1.74. The molecule has 0 atom stereocenters. The first-order valence-electron chi connectivity index (χ1n) is 10.0. The topological polar surface area (TPSA) is 116 Å². The van der Waals surface area contributed by atoms with E-state index in [-0.39, 0.29) is 22.4 Å². The predicted octanol–water partition coefficient (Wildman–Crippen LogP) is 3.56. The van der Waals surface area contributed by atoms with E-state index >= 15 is 0 Å². The normalized spacial score (nSPS) is 10.7. The lowest BCUT2D eigenvalue weighted by atomic mass is 10.1. The molecule has 0 spiro atoms. The first-order valence-corrected chi connectivity index (χ1v) is 10.9. The number of aromatic nitrogens is 2. The fraction of sp³-hybridized carbons (Fsp3) is 0.125. The molecule has 34 heavy (non-hydrogen) atoms. The van der Waals surface area contributed by atoms with Gasteiger partial charge in [-0.3, -0.25) is 14.0 Å². The third kappa shape index (κ3) is 4.30. The van der Waals surface area contributed by atoms with Crippen molar-refractivity contribution in [2.75, 3.05) is 19.5 Å². The summed E-state index contributed by atoms with van der Waals surface area (Å²) in [5.74, 6) is -2.15. The van der Waals surface area contributed by atoms with Gasteiger partial charge in [0.15, 0.2) is 4.96 Å². The number of nitrogens with one attached hydrogen (secondary N) is 1. The number of aryl methyl sites for hydroxylation is 1. The number of amides is 1. The van der Waals surface area contributed by atoms with Crippen LogP contribution in [0.2, 0.25) is 0 Å². The zero-order valence-electron chi connectivity index (χ0n) is 18.4. The van der Waals surface area contributed by atoms with Crippen molar-refractivity contribution in [1.29, 1.82) is 0 Å². The highest BCUT2D eigenvalue weighted by molar-refractivity contribution is 7.15. The number of ether oxygens (including phenoxy) is 2. The molecule has 0 unspecified atom stereocenters. The Morgan fingerprint density at radius 3 is 2.18 bits per heavy atom. The summed E-state index contributed by atoms with van der Waals surface area (Å²) < 4.78 is 10.8. The first-order chi connectivity index (χ1) is 16.3. The number of fused-ring (bicyclic) bond motifs is 1. The molecule has 1 amide bonds. The van der Waals surface area contributed by atoms with Crippen LogP contribution in [0, 0.1) is 6.92 Å². The van der Waals surface area contributed by atoms with Gasteiger partial charge in [0.25, 0.3) is 11.5 Å². The van der Waals surface area contributed by atoms with E-state index in [4.69, 9.17) is 9.47 Å². The number of carbonyl (C=O) groups is 3. The number of anilines is 1.